The predicted molar refractivity (Wildman–Crippen MR) is 106 cm³/mol. The Bertz CT molecular complexity index is 622. The molecule has 0 aliphatic carbocycles. The van der Waals surface area contributed by atoms with E-state index in [2.05, 4.69) is 36.7 Å². The van der Waals surface area contributed by atoms with E-state index in [0.717, 1.165) is 37.2 Å². The first-order chi connectivity index (χ1) is 12.4. The quantitative estimate of drug-likeness (QED) is 0.699. The SMILES string of the molecule is Cc1cc(C(=O)NCC(C)C)ccc1NC(=O)CC(C)C1CCNCC1. The number of amides is 2. The number of piperidine rings is 1. The summed E-state index contributed by atoms with van der Waals surface area (Å²) in [4.78, 5) is 24.6. The van der Waals surface area contributed by atoms with Gasteiger partial charge in [0.1, 0.15) is 0 Å². The summed E-state index contributed by atoms with van der Waals surface area (Å²) < 4.78 is 0. The van der Waals surface area contributed by atoms with Gasteiger partial charge in [-0.3, -0.25) is 9.59 Å². The molecule has 1 fully saturated rings. The number of carbonyl (C=O) groups excluding carboxylic acids is 2. The molecule has 1 aliphatic rings. The van der Waals surface area contributed by atoms with Crippen LogP contribution in [0.5, 0.6) is 0 Å². The molecule has 3 N–H and O–H groups in total. The Morgan fingerprint density at radius 2 is 1.88 bits per heavy atom. The molecular weight excluding hydrogens is 326 g/mol. The van der Waals surface area contributed by atoms with Gasteiger partial charge in [0.15, 0.2) is 0 Å². The summed E-state index contributed by atoms with van der Waals surface area (Å²) in [6.07, 6.45) is 2.84. The molecule has 0 aromatic heterocycles. The van der Waals surface area contributed by atoms with Crippen LogP contribution >= 0.6 is 0 Å². The molecule has 1 aromatic carbocycles. The van der Waals surface area contributed by atoms with Crippen molar-refractivity contribution in [1.82, 2.24) is 10.6 Å². The second-order valence-corrected chi connectivity index (χ2v) is 7.95. The van der Waals surface area contributed by atoms with Gasteiger partial charge in [-0.15, -0.1) is 0 Å². The fourth-order valence-electron chi connectivity index (χ4n) is 3.42. The van der Waals surface area contributed by atoms with Crippen LogP contribution in [-0.4, -0.2) is 31.4 Å². The van der Waals surface area contributed by atoms with Crippen molar-refractivity contribution in [1.29, 1.82) is 0 Å². The van der Waals surface area contributed by atoms with Crippen LogP contribution in [0.2, 0.25) is 0 Å². The normalized spacial score (nSPS) is 16.3. The maximum atomic E-state index is 12.4. The Kier molecular flexibility index (Phi) is 7.64. The maximum absolute atomic E-state index is 12.4. The van der Waals surface area contributed by atoms with Gasteiger partial charge >= 0.3 is 0 Å². The van der Waals surface area contributed by atoms with Crippen LogP contribution in [0.3, 0.4) is 0 Å². The highest BCUT2D eigenvalue weighted by Crippen LogP contribution is 2.25. The van der Waals surface area contributed by atoms with E-state index in [9.17, 15) is 9.59 Å². The van der Waals surface area contributed by atoms with E-state index >= 15 is 0 Å². The third-order valence-corrected chi connectivity index (χ3v) is 5.13. The third kappa shape index (κ3) is 6.13. The summed E-state index contributed by atoms with van der Waals surface area (Å²) in [7, 11) is 0. The molecule has 144 valence electrons. The summed E-state index contributed by atoms with van der Waals surface area (Å²) in [6.45, 7) is 11.0. The van der Waals surface area contributed by atoms with Gasteiger partial charge in [-0.1, -0.05) is 20.8 Å². The second-order valence-electron chi connectivity index (χ2n) is 7.95. The van der Waals surface area contributed by atoms with Gasteiger partial charge in [0.05, 0.1) is 0 Å². The van der Waals surface area contributed by atoms with Crippen LogP contribution in [-0.2, 0) is 4.79 Å². The lowest BCUT2D eigenvalue weighted by molar-refractivity contribution is -0.117. The Labute approximate surface area is 157 Å². The Hall–Kier alpha value is -1.88. The zero-order chi connectivity index (χ0) is 19.1. The lowest BCUT2D eigenvalue weighted by Crippen LogP contribution is -2.32. The first-order valence-electron chi connectivity index (χ1n) is 9.76. The summed E-state index contributed by atoms with van der Waals surface area (Å²) in [6, 6.07) is 5.43. The molecule has 0 spiro atoms. The van der Waals surface area contributed by atoms with Crippen LogP contribution in [0.25, 0.3) is 0 Å². The number of hydrogen-bond acceptors (Lipinski definition) is 3. The van der Waals surface area contributed by atoms with E-state index < -0.39 is 0 Å². The Balaban J connectivity index is 1.90. The molecule has 0 radical (unpaired) electrons. The molecule has 5 nitrogen and oxygen atoms in total. The first-order valence-corrected chi connectivity index (χ1v) is 9.76. The van der Waals surface area contributed by atoms with Crippen LogP contribution in [0.4, 0.5) is 5.69 Å². The van der Waals surface area contributed by atoms with Crippen molar-refractivity contribution >= 4 is 17.5 Å². The van der Waals surface area contributed by atoms with Gasteiger partial charge in [0.25, 0.3) is 5.91 Å². The fourth-order valence-corrected chi connectivity index (χ4v) is 3.42. The van der Waals surface area contributed by atoms with E-state index in [1.165, 1.54) is 0 Å². The maximum Gasteiger partial charge on any atom is 0.251 e. The lowest BCUT2D eigenvalue weighted by atomic mass is 9.84. The van der Waals surface area contributed by atoms with E-state index in [4.69, 9.17) is 0 Å². The number of benzene rings is 1. The van der Waals surface area contributed by atoms with Crippen LogP contribution in [0.15, 0.2) is 18.2 Å². The van der Waals surface area contributed by atoms with Crippen molar-refractivity contribution in [2.45, 2.75) is 47.0 Å². The van der Waals surface area contributed by atoms with Crippen molar-refractivity contribution in [3.63, 3.8) is 0 Å². The number of rotatable bonds is 7. The lowest BCUT2D eigenvalue weighted by Gasteiger charge is -2.28. The molecular formula is C21H33N3O2. The largest absolute Gasteiger partial charge is 0.352 e. The van der Waals surface area contributed by atoms with Crippen molar-refractivity contribution in [2.75, 3.05) is 25.0 Å². The van der Waals surface area contributed by atoms with Crippen LogP contribution in [0, 0.1) is 24.7 Å². The minimum atomic E-state index is -0.0702. The number of nitrogens with one attached hydrogen (secondary N) is 3. The second kappa shape index (κ2) is 9.72. The summed E-state index contributed by atoms with van der Waals surface area (Å²) >= 11 is 0. The molecule has 2 amide bonds. The van der Waals surface area contributed by atoms with Crippen LogP contribution < -0.4 is 16.0 Å². The molecule has 2 rings (SSSR count). The highest BCUT2D eigenvalue weighted by molar-refractivity contribution is 5.96. The molecule has 1 saturated heterocycles. The van der Waals surface area contributed by atoms with E-state index in [1.807, 2.05) is 19.1 Å². The zero-order valence-electron chi connectivity index (χ0n) is 16.5. The Morgan fingerprint density at radius 3 is 2.50 bits per heavy atom. The number of aryl methyl sites for hydroxylation is 1. The average Bonchev–Trinajstić information content (AvgIpc) is 2.62. The highest BCUT2D eigenvalue weighted by Gasteiger charge is 2.22. The summed E-state index contributed by atoms with van der Waals surface area (Å²) in [5, 5.41) is 9.29. The number of hydrogen-bond donors (Lipinski definition) is 3. The van der Waals surface area contributed by atoms with Gasteiger partial charge in [-0.05, 0) is 74.4 Å². The van der Waals surface area contributed by atoms with Crippen molar-refractivity contribution < 1.29 is 9.59 Å². The molecule has 5 heteroatoms. The summed E-state index contributed by atoms with van der Waals surface area (Å²) in [5.41, 5.74) is 2.32. The molecule has 1 aromatic rings. The predicted octanol–water partition coefficient (Wildman–Crippen LogP) is 3.35. The monoisotopic (exact) mass is 359 g/mol. The zero-order valence-corrected chi connectivity index (χ0v) is 16.5. The average molecular weight is 360 g/mol. The van der Waals surface area contributed by atoms with E-state index in [1.54, 1.807) is 6.07 Å². The van der Waals surface area contributed by atoms with E-state index in [-0.39, 0.29) is 11.8 Å². The third-order valence-electron chi connectivity index (χ3n) is 5.13. The van der Waals surface area contributed by atoms with Crippen molar-refractivity contribution in [2.24, 2.45) is 17.8 Å². The van der Waals surface area contributed by atoms with Crippen molar-refractivity contribution in [3.05, 3.63) is 29.3 Å². The van der Waals surface area contributed by atoms with Crippen LogP contribution in [0.1, 0.15) is 56.0 Å². The molecule has 0 saturated carbocycles. The van der Waals surface area contributed by atoms with Gasteiger partial charge in [-0.25, -0.2) is 0 Å². The molecule has 26 heavy (non-hydrogen) atoms. The fraction of sp³-hybridized carbons (Fsp3) is 0.619. The highest BCUT2D eigenvalue weighted by atomic mass is 16.2. The topological polar surface area (TPSA) is 70.2 Å². The van der Waals surface area contributed by atoms with E-state index in [0.29, 0.717) is 36.3 Å². The smallest absolute Gasteiger partial charge is 0.251 e. The number of anilines is 1. The molecule has 0 bridgehead atoms. The summed E-state index contributed by atoms with van der Waals surface area (Å²) in [5.74, 6) is 1.41. The van der Waals surface area contributed by atoms with Gasteiger partial charge in [-0.2, -0.15) is 0 Å². The van der Waals surface area contributed by atoms with Crippen molar-refractivity contribution in [3.8, 4) is 0 Å². The molecule has 1 heterocycles. The molecule has 1 unspecified atom stereocenters. The first kappa shape index (κ1) is 20.4. The van der Waals surface area contributed by atoms with Gasteiger partial charge in [0, 0.05) is 24.2 Å². The minimum absolute atomic E-state index is 0.0520. The number of carbonyl (C=O) groups is 2. The minimum Gasteiger partial charge on any atom is -0.352 e. The van der Waals surface area contributed by atoms with Gasteiger partial charge < -0.3 is 16.0 Å². The Morgan fingerprint density at radius 1 is 1.19 bits per heavy atom. The molecule has 1 aliphatic heterocycles. The standard InChI is InChI=1S/C21H33N3O2/c1-14(2)13-23-21(26)18-5-6-19(16(4)11-18)24-20(25)12-15(3)17-7-9-22-10-8-17/h5-6,11,14-15,17,22H,7-10,12-13H2,1-4H3,(H,23,26)(H,24,25). The van der Waals surface area contributed by atoms with Gasteiger partial charge in [0.2, 0.25) is 5.91 Å². The molecule has 1 atom stereocenters.